The summed E-state index contributed by atoms with van der Waals surface area (Å²) in [5.41, 5.74) is 0.610. The van der Waals surface area contributed by atoms with E-state index in [4.69, 9.17) is 23.2 Å². The van der Waals surface area contributed by atoms with E-state index in [2.05, 4.69) is 5.32 Å². The first-order valence-electron chi connectivity index (χ1n) is 6.92. The SMILES string of the molecule is CCNCc1c(Cl)ccc(S(=O)(=O)N(C)C(C)CC)c1Cl. The summed E-state index contributed by atoms with van der Waals surface area (Å²) < 4.78 is 26.7. The van der Waals surface area contributed by atoms with Crippen molar-refractivity contribution < 1.29 is 8.42 Å². The summed E-state index contributed by atoms with van der Waals surface area (Å²) in [7, 11) is -2.06. The smallest absolute Gasteiger partial charge is 0.244 e. The lowest BCUT2D eigenvalue weighted by Crippen LogP contribution is -2.34. The van der Waals surface area contributed by atoms with Crippen molar-refractivity contribution >= 4 is 33.2 Å². The summed E-state index contributed by atoms with van der Waals surface area (Å²) in [5, 5.41) is 3.77. The Morgan fingerprint density at radius 2 is 1.90 bits per heavy atom. The van der Waals surface area contributed by atoms with Gasteiger partial charge in [-0.05, 0) is 32.0 Å². The molecule has 0 aliphatic rings. The van der Waals surface area contributed by atoms with E-state index in [9.17, 15) is 8.42 Å². The lowest BCUT2D eigenvalue weighted by molar-refractivity contribution is 0.380. The second-order valence-corrected chi connectivity index (χ2v) is 7.65. The molecule has 0 fully saturated rings. The van der Waals surface area contributed by atoms with Gasteiger partial charge in [-0.2, -0.15) is 4.31 Å². The maximum atomic E-state index is 12.7. The summed E-state index contributed by atoms with van der Waals surface area (Å²) in [5.74, 6) is 0. The molecule has 0 aliphatic heterocycles. The van der Waals surface area contributed by atoms with Crippen LogP contribution in [-0.4, -0.2) is 32.4 Å². The van der Waals surface area contributed by atoms with E-state index < -0.39 is 10.0 Å². The van der Waals surface area contributed by atoms with Crippen molar-refractivity contribution in [3.8, 4) is 0 Å². The van der Waals surface area contributed by atoms with Crippen LogP contribution in [-0.2, 0) is 16.6 Å². The van der Waals surface area contributed by atoms with Crippen molar-refractivity contribution in [3.05, 3.63) is 27.7 Å². The molecule has 7 heteroatoms. The molecule has 0 saturated heterocycles. The van der Waals surface area contributed by atoms with Crippen LogP contribution in [0.2, 0.25) is 10.0 Å². The molecule has 0 spiro atoms. The third-order valence-corrected chi connectivity index (χ3v) is 6.48. The van der Waals surface area contributed by atoms with Gasteiger partial charge in [0.2, 0.25) is 10.0 Å². The third-order valence-electron chi connectivity index (χ3n) is 3.57. The average molecular weight is 353 g/mol. The molecule has 1 rings (SSSR count). The molecule has 0 heterocycles. The van der Waals surface area contributed by atoms with Crippen LogP contribution >= 0.6 is 23.2 Å². The zero-order chi connectivity index (χ0) is 16.2. The molecule has 1 aromatic carbocycles. The Bertz CT molecular complexity index is 591. The van der Waals surface area contributed by atoms with Crippen LogP contribution in [0.4, 0.5) is 0 Å². The molecular weight excluding hydrogens is 331 g/mol. The highest BCUT2D eigenvalue weighted by Gasteiger charge is 2.28. The lowest BCUT2D eigenvalue weighted by Gasteiger charge is -2.24. The van der Waals surface area contributed by atoms with E-state index in [1.165, 1.54) is 10.4 Å². The standard InChI is InChI=1S/C14H22Cl2N2O2S/c1-5-10(3)18(4)21(19,20)13-8-7-12(15)11(14(13)16)9-17-6-2/h7-8,10,17H,5-6,9H2,1-4H3. The van der Waals surface area contributed by atoms with E-state index in [1.54, 1.807) is 13.1 Å². The van der Waals surface area contributed by atoms with Crippen molar-refractivity contribution in [2.24, 2.45) is 0 Å². The topological polar surface area (TPSA) is 49.4 Å². The molecule has 0 aromatic heterocycles. The van der Waals surface area contributed by atoms with Crippen LogP contribution in [0.1, 0.15) is 32.8 Å². The first kappa shape index (κ1) is 18.7. The van der Waals surface area contributed by atoms with E-state index in [-0.39, 0.29) is 16.0 Å². The maximum Gasteiger partial charge on any atom is 0.244 e. The molecule has 120 valence electrons. The van der Waals surface area contributed by atoms with Gasteiger partial charge in [0.05, 0.1) is 5.02 Å². The van der Waals surface area contributed by atoms with E-state index >= 15 is 0 Å². The van der Waals surface area contributed by atoms with Crippen LogP contribution < -0.4 is 5.32 Å². The molecule has 0 saturated carbocycles. The van der Waals surface area contributed by atoms with Crippen molar-refractivity contribution in [1.82, 2.24) is 9.62 Å². The largest absolute Gasteiger partial charge is 0.313 e. The predicted molar refractivity (Wildman–Crippen MR) is 88.5 cm³/mol. The maximum absolute atomic E-state index is 12.7. The van der Waals surface area contributed by atoms with Crippen molar-refractivity contribution in [2.45, 2.75) is 44.7 Å². The fourth-order valence-electron chi connectivity index (χ4n) is 1.84. The number of hydrogen-bond donors (Lipinski definition) is 1. The molecule has 0 radical (unpaired) electrons. The van der Waals surface area contributed by atoms with Gasteiger partial charge in [-0.3, -0.25) is 0 Å². The quantitative estimate of drug-likeness (QED) is 0.816. The molecule has 21 heavy (non-hydrogen) atoms. The van der Waals surface area contributed by atoms with E-state index in [1.807, 2.05) is 20.8 Å². The Morgan fingerprint density at radius 3 is 2.43 bits per heavy atom. The average Bonchev–Trinajstić information content (AvgIpc) is 2.45. The highest BCUT2D eigenvalue weighted by Crippen LogP contribution is 2.33. The van der Waals surface area contributed by atoms with E-state index in [0.717, 1.165) is 13.0 Å². The van der Waals surface area contributed by atoms with Gasteiger partial charge in [-0.15, -0.1) is 0 Å². The number of benzene rings is 1. The van der Waals surface area contributed by atoms with Gasteiger partial charge in [0.1, 0.15) is 4.90 Å². The number of hydrogen-bond acceptors (Lipinski definition) is 3. The van der Waals surface area contributed by atoms with Crippen LogP contribution in [0, 0.1) is 0 Å². The minimum absolute atomic E-state index is 0.0982. The summed E-state index contributed by atoms with van der Waals surface area (Å²) in [6.07, 6.45) is 0.727. The highest BCUT2D eigenvalue weighted by molar-refractivity contribution is 7.89. The van der Waals surface area contributed by atoms with Crippen LogP contribution in [0.25, 0.3) is 0 Å². The van der Waals surface area contributed by atoms with Gasteiger partial charge in [-0.25, -0.2) is 8.42 Å². The van der Waals surface area contributed by atoms with Crippen LogP contribution in [0.15, 0.2) is 17.0 Å². The van der Waals surface area contributed by atoms with Crippen LogP contribution in [0.3, 0.4) is 0 Å². The van der Waals surface area contributed by atoms with Crippen molar-refractivity contribution in [1.29, 1.82) is 0 Å². The number of sulfonamides is 1. The number of rotatable bonds is 7. The summed E-state index contributed by atoms with van der Waals surface area (Å²) in [6.45, 7) is 6.94. The first-order valence-corrected chi connectivity index (χ1v) is 9.12. The fourth-order valence-corrected chi connectivity index (χ4v) is 4.16. The molecular formula is C14H22Cl2N2O2S. The Hall–Kier alpha value is -0.330. The van der Waals surface area contributed by atoms with Gasteiger partial charge >= 0.3 is 0 Å². The first-order chi connectivity index (χ1) is 9.77. The lowest BCUT2D eigenvalue weighted by atomic mass is 10.2. The molecule has 1 unspecified atom stereocenters. The van der Waals surface area contributed by atoms with E-state index in [0.29, 0.717) is 17.1 Å². The normalized spacial score (nSPS) is 13.7. The van der Waals surface area contributed by atoms with Crippen molar-refractivity contribution in [2.75, 3.05) is 13.6 Å². The summed E-state index contributed by atoms with van der Waals surface area (Å²) >= 11 is 12.4. The molecule has 1 N–H and O–H groups in total. The Kier molecular flexibility index (Phi) is 6.94. The summed E-state index contributed by atoms with van der Waals surface area (Å²) in [6, 6.07) is 2.95. The zero-order valence-corrected chi connectivity index (χ0v) is 15.1. The predicted octanol–water partition coefficient (Wildman–Crippen LogP) is 3.52. The van der Waals surface area contributed by atoms with Gasteiger partial charge in [-0.1, -0.05) is 37.0 Å². The van der Waals surface area contributed by atoms with Gasteiger partial charge in [0.25, 0.3) is 0 Å². The minimum Gasteiger partial charge on any atom is -0.313 e. The number of halogens is 2. The van der Waals surface area contributed by atoms with Gasteiger partial charge in [0, 0.05) is 30.2 Å². The Labute approximate surface area is 137 Å². The van der Waals surface area contributed by atoms with Crippen molar-refractivity contribution in [3.63, 3.8) is 0 Å². The highest BCUT2D eigenvalue weighted by atomic mass is 35.5. The summed E-state index contributed by atoms with van der Waals surface area (Å²) in [4.78, 5) is 0.101. The van der Waals surface area contributed by atoms with Crippen LogP contribution in [0.5, 0.6) is 0 Å². The Morgan fingerprint density at radius 1 is 1.29 bits per heavy atom. The minimum atomic E-state index is -3.63. The monoisotopic (exact) mass is 352 g/mol. The molecule has 0 amide bonds. The molecule has 0 aliphatic carbocycles. The third kappa shape index (κ3) is 4.11. The number of nitrogens with zero attached hydrogens (tertiary/aromatic N) is 1. The fraction of sp³-hybridized carbons (Fsp3) is 0.571. The molecule has 1 atom stereocenters. The second-order valence-electron chi connectivity index (χ2n) is 4.90. The zero-order valence-electron chi connectivity index (χ0n) is 12.8. The van der Waals surface area contributed by atoms with Gasteiger partial charge < -0.3 is 5.32 Å². The van der Waals surface area contributed by atoms with Gasteiger partial charge in [0.15, 0.2) is 0 Å². The second kappa shape index (κ2) is 7.79. The number of nitrogens with one attached hydrogen (secondary N) is 1. The Balaban J connectivity index is 3.31. The molecule has 0 bridgehead atoms. The molecule has 4 nitrogen and oxygen atoms in total. The molecule has 1 aromatic rings.